The Morgan fingerprint density at radius 3 is 2.52 bits per heavy atom. The van der Waals surface area contributed by atoms with Crippen molar-refractivity contribution in [3.63, 3.8) is 0 Å². The predicted molar refractivity (Wildman–Crippen MR) is 106 cm³/mol. The van der Waals surface area contributed by atoms with E-state index >= 15 is 0 Å². The van der Waals surface area contributed by atoms with Crippen molar-refractivity contribution in [1.29, 1.82) is 0 Å². The van der Waals surface area contributed by atoms with Crippen molar-refractivity contribution in [2.75, 3.05) is 0 Å². The molecule has 7 heteroatoms. The fourth-order valence-electron chi connectivity index (χ4n) is 2.63. The Morgan fingerprint density at radius 2 is 1.81 bits per heavy atom. The molecule has 2 aromatic heterocycles. The van der Waals surface area contributed by atoms with Gasteiger partial charge in [0.05, 0.1) is 10.7 Å². The van der Waals surface area contributed by atoms with Crippen LogP contribution < -0.4 is 4.74 Å². The molecule has 0 amide bonds. The van der Waals surface area contributed by atoms with Crippen LogP contribution in [0.5, 0.6) is 5.75 Å². The van der Waals surface area contributed by atoms with Crippen molar-refractivity contribution in [3.8, 4) is 28.4 Å². The molecule has 27 heavy (non-hydrogen) atoms. The van der Waals surface area contributed by atoms with Crippen molar-refractivity contribution in [3.05, 3.63) is 69.3 Å². The highest BCUT2D eigenvalue weighted by molar-refractivity contribution is 7.09. The Labute approximate surface area is 165 Å². The SMILES string of the molecule is Cc1nc(-c2ccc(-c3noc(COc4ccc(Cl)cc4C)n3)cc2)cs1. The summed E-state index contributed by atoms with van der Waals surface area (Å²) >= 11 is 7.59. The smallest absolute Gasteiger partial charge is 0.264 e. The second-order valence-corrected chi connectivity index (χ2v) is 7.54. The number of halogens is 1. The number of hydrogen-bond acceptors (Lipinski definition) is 6. The van der Waals surface area contributed by atoms with E-state index in [1.54, 1.807) is 17.4 Å². The van der Waals surface area contributed by atoms with E-state index in [4.69, 9.17) is 20.9 Å². The molecule has 0 N–H and O–H groups in total. The number of hydrogen-bond donors (Lipinski definition) is 0. The first kappa shape index (κ1) is 17.7. The Hall–Kier alpha value is -2.70. The first-order valence-electron chi connectivity index (χ1n) is 8.33. The average molecular weight is 398 g/mol. The summed E-state index contributed by atoms with van der Waals surface area (Å²) in [6.45, 7) is 4.13. The van der Waals surface area contributed by atoms with Crippen LogP contribution in [0, 0.1) is 13.8 Å². The van der Waals surface area contributed by atoms with E-state index in [2.05, 4.69) is 15.1 Å². The van der Waals surface area contributed by atoms with Gasteiger partial charge in [-0.3, -0.25) is 0 Å². The molecule has 0 saturated carbocycles. The van der Waals surface area contributed by atoms with Crippen LogP contribution in [0.15, 0.2) is 52.4 Å². The monoisotopic (exact) mass is 397 g/mol. The largest absolute Gasteiger partial charge is 0.483 e. The van der Waals surface area contributed by atoms with Crippen LogP contribution >= 0.6 is 22.9 Å². The first-order chi connectivity index (χ1) is 13.1. The van der Waals surface area contributed by atoms with Crippen molar-refractivity contribution >= 4 is 22.9 Å². The van der Waals surface area contributed by atoms with E-state index in [-0.39, 0.29) is 6.61 Å². The van der Waals surface area contributed by atoms with Gasteiger partial charge >= 0.3 is 0 Å². The van der Waals surface area contributed by atoms with E-state index in [9.17, 15) is 0 Å². The zero-order chi connectivity index (χ0) is 18.8. The van der Waals surface area contributed by atoms with Crippen LogP contribution in [0.4, 0.5) is 0 Å². The number of thiazole rings is 1. The summed E-state index contributed by atoms with van der Waals surface area (Å²) < 4.78 is 11.0. The molecule has 0 aliphatic carbocycles. The van der Waals surface area contributed by atoms with Crippen molar-refractivity contribution < 1.29 is 9.26 Å². The van der Waals surface area contributed by atoms with E-state index in [0.717, 1.165) is 33.1 Å². The lowest BCUT2D eigenvalue weighted by Gasteiger charge is -2.06. The molecule has 0 radical (unpaired) electrons. The third-order valence-electron chi connectivity index (χ3n) is 4.01. The standard InChI is InChI=1S/C20H16ClN3O2S/c1-12-9-16(21)7-8-18(12)25-10-19-23-20(24-26-19)15-5-3-14(4-6-15)17-11-27-13(2)22-17/h3-9,11H,10H2,1-2H3. The number of ether oxygens (including phenoxy) is 1. The molecular formula is C20H16ClN3O2S. The number of aryl methyl sites for hydroxylation is 2. The number of nitrogens with zero attached hydrogens (tertiary/aromatic N) is 3. The predicted octanol–water partition coefficient (Wildman–Crippen LogP) is 5.71. The van der Waals surface area contributed by atoms with Crippen molar-refractivity contribution in [2.45, 2.75) is 20.5 Å². The zero-order valence-corrected chi connectivity index (χ0v) is 16.3. The fraction of sp³-hybridized carbons (Fsp3) is 0.150. The Balaban J connectivity index is 1.45. The Bertz CT molecular complexity index is 1070. The topological polar surface area (TPSA) is 61.0 Å². The molecule has 0 unspecified atom stereocenters. The highest BCUT2D eigenvalue weighted by Gasteiger charge is 2.11. The van der Waals surface area contributed by atoms with Gasteiger partial charge in [0.1, 0.15) is 5.75 Å². The van der Waals surface area contributed by atoms with Crippen LogP contribution in [-0.4, -0.2) is 15.1 Å². The molecule has 0 bridgehead atoms. The van der Waals surface area contributed by atoms with Crippen molar-refractivity contribution in [1.82, 2.24) is 15.1 Å². The second-order valence-electron chi connectivity index (χ2n) is 6.04. The molecule has 0 aliphatic rings. The van der Waals surface area contributed by atoms with Gasteiger partial charge in [0, 0.05) is 21.5 Å². The number of benzene rings is 2. The molecule has 0 aliphatic heterocycles. The maximum Gasteiger partial charge on any atom is 0.264 e. The third-order valence-corrected chi connectivity index (χ3v) is 5.02. The molecule has 2 aromatic carbocycles. The maximum atomic E-state index is 5.96. The van der Waals surface area contributed by atoms with Crippen LogP contribution in [0.1, 0.15) is 16.5 Å². The molecule has 2 heterocycles. The van der Waals surface area contributed by atoms with Crippen LogP contribution in [0.2, 0.25) is 5.02 Å². The summed E-state index contributed by atoms with van der Waals surface area (Å²) in [5.41, 5.74) is 3.87. The van der Waals surface area contributed by atoms with Crippen LogP contribution in [0.3, 0.4) is 0 Å². The second kappa shape index (κ2) is 7.50. The van der Waals surface area contributed by atoms with E-state index < -0.39 is 0 Å². The maximum absolute atomic E-state index is 5.96. The molecule has 0 saturated heterocycles. The minimum Gasteiger partial charge on any atom is -0.483 e. The Morgan fingerprint density at radius 1 is 1.04 bits per heavy atom. The van der Waals surface area contributed by atoms with Crippen LogP contribution in [-0.2, 0) is 6.61 Å². The van der Waals surface area contributed by atoms with Gasteiger partial charge < -0.3 is 9.26 Å². The van der Waals surface area contributed by atoms with Gasteiger partial charge in [0.25, 0.3) is 5.89 Å². The molecular weight excluding hydrogens is 382 g/mol. The quantitative estimate of drug-likeness (QED) is 0.431. The summed E-state index contributed by atoms with van der Waals surface area (Å²) in [6.07, 6.45) is 0. The van der Waals surface area contributed by atoms with E-state index in [1.165, 1.54) is 0 Å². The highest BCUT2D eigenvalue weighted by atomic mass is 35.5. The normalized spacial score (nSPS) is 10.9. The van der Waals surface area contributed by atoms with Gasteiger partial charge in [0.2, 0.25) is 5.82 Å². The van der Waals surface area contributed by atoms with Gasteiger partial charge in [-0.1, -0.05) is 41.0 Å². The highest BCUT2D eigenvalue weighted by Crippen LogP contribution is 2.25. The molecule has 5 nitrogen and oxygen atoms in total. The van der Waals surface area contributed by atoms with Gasteiger partial charge in [-0.15, -0.1) is 11.3 Å². The summed E-state index contributed by atoms with van der Waals surface area (Å²) in [6, 6.07) is 13.4. The lowest BCUT2D eigenvalue weighted by molar-refractivity contribution is 0.242. The minimum atomic E-state index is 0.200. The summed E-state index contributed by atoms with van der Waals surface area (Å²) in [5.74, 6) is 1.68. The number of rotatable bonds is 5. The fourth-order valence-corrected chi connectivity index (χ4v) is 3.48. The molecule has 0 spiro atoms. The van der Waals surface area contributed by atoms with Gasteiger partial charge in [-0.2, -0.15) is 4.98 Å². The molecule has 136 valence electrons. The lowest BCUT2D eigenvalue weighted by atomic mass is 10.1. The Kier molecular flexibility index (Phi) is 4.92. The van der Waals surface area contributed by atoms with Crippen molar-refractivity contribution in [2.24, 2.45) is 0 Å². The molecule has 4 rings (SSSR count). The van der Waals surface area contributed by atoms with E-state index in [0.29, 0.717) is 16.7 Å². The van der Waals surface area contributed by atoms with Gasteiger partial charge in [0.15, 0.2) is 6.61 Å². The summed E-state index contributed by atoms with van der Waals surface area (Å²) in [7, 11) is 0. The zero-order valence-electron chi connectivity index (χ0n) is 14.8. The third kappa shape index (κ3) is 4.02. The first-order valence-corrected chi connectivity index (χ1v) is 9.59. The minimum absolute atomic E-state index is 0.200. The number of aromatic nitrogens is 3. The van der Waals surface area contributed by atoms with Crippen LogP contribution in [0.25, 0.3) is 22.6 Å². The average Bonchev–Trinajstić information content (AvgIpc) is 3.30. The summed E-state index contributed by atoms with van der Waals surface area (Å²) in [4.78, 5) is 8.90. The summed E-state index contributed by atoms with van der Waals surface area (Å²) in [5, 5.41) is 7.82. The lowest BCUT2D eigenvalue weighted by Crippen LogP contribution is -1.97. The molecule has 4 aromatic rings. The van der Waals surface area contributed by atoms with Gasteiger partial charge in [-0.25, -0.2) is 4.98 Å². The molecule has 0 atom stereocenters. The van der Waals surface area contributed by atoms with E-state index in [1.807, 2.05) is 55.6 Å². The molecule has 0 fully saturated rings. The van der Waals surface area contributed by atoms with Gasteiger partial charge in [-0.05, 0) is 37.6 Å².